The van der Waals surface area contributed by atoms with E-state index in [-0.39, 0.29) is 18.2 Å². The zero-order valence-electron chi connectivity index (χ0n) is 14.9. The highest BCUT2D eigenvalue weighted by atomic mass is 16.6. The lowest BCUT2D eigenvalue weighted by Crippen LogP contribution is -2.43. The van der Waals surface area contributed by atoms with Crippen LogP contribution in [0.25, 0.3) is 11.0 Å². The predicted octanol–water partition coefficient (Wildman–Crippen LogP) is 2.67. The van der Waals surface area contributed by atoms with Crippen molar-refractivity contribution in [3.63, 3.8) is 0 Å². The lowest BCUT2D eigenvalue weighted by atomic mass is 9.90. The van der Waals surface area contributed by atoms with Crippen molar-refractivity contribution in [3.05, 3.63) is 64.2 Å². The van der Waals surface area contributed by atoms with E-state index >= 15 is 0 Å². The first-order valence-electron chi connectivity index (χ1n) is 8.70. The van der Waals surface area contributed by atoms with Gasteiger partial charge >= 0.3 is 5.97 Å². The molecule has 0 radical (unpaired) electrons. The van der Waals surface area contributed by atoms with E-state index in [4.69, 9.17) is 4.74 Å². The van der Waals surface area contributed by atoms with Crippen molar-refractivity contribution in [3.8, 4) is 0 Å². The normalized spacial score (nSPS) is 18.4. The number of hydrogen-bond donors (Lipinski definition) is 1. The third-order valence-electron chi connectivity index (χ3n) is 4.67. The molecule has 0 aliphatic carbocycles. The molecule has 0 fully saturated rings. The number of aromatic nitrogens is 2. The summed E-state index contributed by atoms with van der Waals surface area (Å²) in [6.07, 6.45) is 0. The molecule has 0 spiro atoms. The monoisotopic (exact) mass is 380 g/mol. The van der Waals surface area contributed by atoms with Crippen LogP contribution in [-0.4, -0.2) is 33.0 Å². The number of ether oxygens (including phenoxy) is 1. The van der Waals surface area contributed by atoms with Gasteiger partial charge in [0.15, 0.2) is 5.92 Å². The second kappa shape index (κ2) is 6.76. The molecule has 28 heavy (non-hydrogen) atoms. The van der Waals surface area contributed by atoms with E-state index in [1.165, 1.54) is 18.2 Å². The van der Waals surface area contributed by atoms with Crippen LogP contribution in [0.5, 0.6) is 0 Å². The van der Waals surface area contributed by atoms with E-state index in [2.05, 4.69) is 10.3 Å². The second-order valence-electron chi connectivity index (χ2n) is 6.31. The van der Waals surface area contributed by atoms with Crippen LogP contribution >= 0.6 is 0 Å². The SMILES string of the molecule is CCOC(=O)[C@H]1C(=O)Nc2nc3ccccc3n2[C@@H]1c1cccc([N+](=O)[O-])c1. The average Bonchev–Trinajstić information content (AvgIpc) is 3.04. The summed E-state index contributed by atoms with van der Waals surface area (Å²) < 4.78 is 6.84. The first-order valence-corrected chi connectivity index (χ1v) is 8.70. The number of amides is 1. The molecule has 1 aliphatic heterocycles. The highest BCUT2D eigenvalue weighted by Crippen LogP contribution is 2.39. The van der Waals surface area contributed by atoms with E-state index in [1.807, 2.05) is 18.2 Å². The first-order chi connectivity index (χ1) is 13.5. The Bertz CT molecular complexity index is 1110. The third-order valence-corrected chi connectivity index (χ3v) is 4.67. The van der Waals surface area contributed by atoms with E-state index < -0.39 is 28.8 Å². The maximum Gasteiger partial charge on any atom is 0.321 e. The third kappa shape index (κ3) is 2.77. The highest BCUT2D eigenvalue weighted by molar-refractivity contribution is 6.07. The van der Waals surface area contributed by atoms with Gasteiger partial charge in [-0.25, -0.2) is 4.98 Å². The Morgan fingerprint density at radius 2 is 2.07 bits per heavy atom. The number of nitrogens with zero attached hydrogens (tertiary/aromatic N) is 3. The molecule has 9 nitrogen and oxygen atoms in total. The molecule has 4 rings (SSSR count). The number of non-ortho nitro benzene ring substituents is 1. The molecule has 0 bridgehead atoms. The smallest absolute Gasteiger partial charge is 0.321 e. The van der Waals surface area contributed by atoms with Crippen molar-refractivity contribution in [1.82, 2.24) is 9.55 Å². The number of esters is 1. The van der Waals surface area contributed by atoms with Crippen molar-refractivity contribution < 1.29 is 19.2 Å². The van der Waals surface area contributed by atoms with Crippen LogP contribution < -0.4 is 5.32 Å². The van der Waals surface area contributed by atoms with Gasteiger partial charge in [-0.3, -0.25) is 25.0 Å². The number of carbonyl (C=O) groups excluding carboxylic acids is 2. The Kier molecular flexibility index (Phi) is 4.26. The standard InChI is InChI=1S/C19H16N4O5/c1-2-28-18(25)15-16(11-6-5-7-12(10-11)23(26)27)22-14-9-4-3-8-13(14)20-19(22)21-17(15)24/h3-10,15-16H,2H2,1H3,(H,20,21,24)/t15-,16-/m1/s1. The van der Waals surface area contributed by atoms with Gasteiger partial charge < -0.3 is 9.30 Å². The highest BCUT2D eigenvalue weighted by Gasteiger charge is 2.44. The lowest BCUT2D eigenvalue weighted by molar-refractivity contribution is -0.384. The van der Waals surface area contributed by atoms with Gasteiger partial charge in [0, 0.05) is 12.1 Å². The van der Waals surface area contributed by atoms with Gasteiger partial charge in [-0.1, -0.05) is 24.3 Å². The Morgan fingerprint density at radius 1 is 1.29 bits per heavy atom. The van der Waals surface area contributed by atoms with Crippen molar-refractivity contribution >= 4 is 34.5 Å². The van der Waals surface area contributed by atoms with Gasteiger partial charge in [0.1, 0.15) is 0 Å². The number of fused-ring (bicyclic) bond motifs is 3. The molecule has 1 aromatic heterocycles. The molecule has 1 aliphatic rings. The van der Waals surface area contributed by atoms with Crippen molar-refractivity contribution in [2.75, 3.05) is 11.9 Å². The summed E-state index contributed by atoms with van der Waals surface area (Å²) in [5.41, 5.74) is 1.66. The molecule has 0 saturated heterocycles. The number of benzene rings is 2. The molecule has 2 heterocycles. The van der Waals surface area contributed by atoms with Crippen LogP contribution in [0.3, 0.4) is 0 Å². The predicted molar refractivity (Wildman–Crippen MR) is 99.7 cm³/mol. The summed E-state index contributed by atoms with van der Waals surface area (Å²) in [7, 11) is 0. The van der Waals surface area contributed by atoms with Crippen molar-refractivity contribution in [1.29, 1.82) is 0 Å². The molecular weight excluding hydrogens is 364 g/mol. The van der Waals surface area contributed by atoms with E-state index in [0.29, 0.717) is 16.6 Å². The Morgan fingerprint density at radius 3 is 2.82 bits per heavy atom. The molecule has 3 aromatic rings. The molecule has 1 N–H and O–H groups in total. The molecule has 9 heteroatoms. The number of imidazole rings is 1. The fourth-order valence-electron chi connectivity index (χ4n) is 3.53. The summed E-state index contributed by atoms with van der Waals surface area (Å²) in [6, 6.07) is 12.3. The molecule has 142 valence electrons. The number of nitrogens with one attached hydrogen (secondary N) is 1. The van der Waals surface area contributed by atoms with Gasteiger partial charge in [0.05, 0.1) is 28.6 Å². The van der Waals surface area contributed by atoms with Crippen molar-refractivity contribution in [2.24, 2.45) is 5.92 Å². The molecule has 2 aromatic carbocycles. The fourth-order valence-corrected chi connectivity index (χ4v) is 3.53. The topological polar surface area (TPSA) is 116 Å². The zero-order valence-corrected chi connectivity index (χ0v) is 14.9. The van der Waals surface area contributed by atoms with Gasteiger partial charge in [-0.2, -0.15) is 0 Å². The van der Waals surface area contributed by atoms with E-state index in [1.54, 1.807) is 23.6 Å². The molecular formula is C19H16N4O5. The van der Waals surface area contributed by atoms with E-state index in [0.717, 1.165) is 0 Å². The van der Waals surface area contributed by atoms with E-state index in [9.17, 15) is 19.7 Å². The fraction of sp³-hybridized carbons (Fsp3) is 0.211. The number of anilines is 1. The summed E-state index contributed by atoms with van der Waals surface area (Å²) in [5.74, 6) is -2.17. The van der Waals surface area contributed by atoms with Crippen LogP contribution in [-0.2, 0) is 14.3 Å². The van der Waals surface area contributed by atoms with Gasteiger partial charge in [0.2, 0.25) is 11.9 Å². The Labute approximate surface area is 159 Å². The van der Waals surface area contributed by atoms with Crippen molar-refractivity contribution in [2.45, 2.75) is 13.0 Å². The van der Waals surface area contributed by atoms with Gasteiger partial charge in [-0.05, 0) is 24.6 Å². The number of nitro groups is 1. The minimum Gasteiger partial charge on any atom is -0.465 e. The summed E-state index contributed by atoms with van der Waals surface area (Å²) >= 11 is 0. The molecule has 0 unspecified atom stereocenters. The van der Waals surface area contributed by atoms with Gasteiger partial charge in [-0.15, -0.1) is 0 Å². The van der Waals surface area contributed by atoms with Gasteiger partial charge in [0.25, 0.3) is 5.69 Å². The van der Waals surface area contributed by atoms with Crippen LogP contribution in [0.15, 0.2) is 48.5 Å². The Hall–Kier alpha value is -3.75. The maximum atomic E-state index is 12.8. The zero-order chi connectivity index (χ0) is 19.8. The second-order valence-corrected chi connectivity index (χ2v) is 6.31. The summed E-state index contributed by atoms with van der Waals surface area (Å²) in [4.78, 5) is 40.5. The molecule has 2 atom stereocenters. The number of para-hydroxylation sites is 2. The maximum absolute atomic E-state index is 12.8. The lowest BCUT2D eigenvalue weighted by Gasteiger charge is -2.32. The summed E-state index contributed by atoms with van der Waals surface area (Å²) in [6.45, 7) is 1.76. The first kappa shape index (κ1) is 17.7. The number of nitro benzene ring substituents is 1. The average molecular weight is 380 g/mol. The Balaban J connectivity index is 1.97. The van der Waals surface area contributed by atoms with Crippen LogP contribution in [0.4, 0.5) is 11.6 Å². The molecule has 1 amide bonds. The minimum atomic E-state index is -1.20. The number of carbonyl (C=O) groups is 2. The largest absolute Gasteiger partial charge is 0.465 e. The summed E-state index contributed by atoms with van der Waals surface area (Å²) in [5, 5.41) is 13.9. The minimum absolute atomic E-state index is 0.113. The quantitative estimate of drug-likeness (QED) is 0.322. The van der Waals surface area contributed by atoms with Crippen LogP contribution in [0.2, 0.25) is 0 Å². The van der Waals surface area contributed by atoms with Crippen LogP contribution in [0, 0.1) is 16.0 Å². The van der Waals surface area contributed by atoms with Crippen LogP contribution in [0.1, 0.15) is 18.5 Å². The number of rotatable bonds is 4. The molecule has 0 saturated carbocycles. The number of hydrogen-bond acceptors (Lipinski definition) is 6.